The predicted molar refractivity (Wildman–Crippen MR) is 137 cm³/mol. The summed E-state index contributed by atoms with van der Waals surface area (Å²) in [4.78, 5) is 38.7. The first-order chi connectivity index (χ1) is 18.0. The van der Waals surface area contributed by atoms with Crippen LogP contribution in [0.5, 0.6) is 0 Å². The molecule has 0 bridgehead atoms. The lowest BCUT2D eigenvalue weighted by Crippen LogP contribution is -2.50. The van der Waals surface area contributed by atoms with Crippen molar-refractivity contribution < 1.29 is 32.7 Å². The van der Waals surface area contributed by atoms with E-state index in [4.69, 9.17) is 0 Å². The van der Waals surface area contributed by atoms with Crippen molar-refractivity contribution in [3.05, 3.63) is 70.8 Å². The van der Waals surface area contributed by atoms with Gasteiger partial charge in [-0.25, -0.2) is 4.79 Å². The molecule has 1 aliphatic rings. The van der Waals surface area contributed by atoms with Crippen molar-refractivity contribution in [3.63, 3.8) is 0 Å². The molecule has 1 fully saturated rings. The Balaban J connectivity index is 1.61. The van der Waals surface area contributed by atoms with Crippen LogP contribution in [0.1, 0.15) is 64.4 Å². The van der Waals surface area contributed by atoms with E-state index < -0.39 is 29.5 Å². The molecule has 0 saturated heterocycles. The second kappa shape index (κ2) is 12.9. The Morgan fingerprint density at radius 2 is 1.76 bits per heavy atom. The number of aromatic carboxylic acids is 1. The largest absolute Gasteiger partial charge is 0.478 e. The average molecular weight is 534 g/mol. The van der Waals surface area contributed by atoms with E-state index in [1.807, 2.05) is 6.07 Å². The van der Waals surface area contributed by atoms with Gasteiger partial charge in [-0.1, -0.05) is 25.1 Å². The van der Waals surface area contributed by atoms with Crippen LogP contribution < -0.4 is 10.6 Å². The Morgan fingerprint density at radius 1 is 1.05 bits per heavy atom. The summed E-state index contributed by atoms with van der Waals surface area (Å²) in [7, 11) is 2.07. The predicted octanol–water partition coefficient (Wildman–Crippen LogP) is 4.37. The summed E-state index contributed by atoms with van der Waals surface area (Å²) in [5.74, 6) is -2.00. The summed E-state index contributed by atoms with van der Waals surface area (Å²) in [6.07, 6.45) is -0.641. The van der Waals surface area contributed by atoms with E-state index in [2.05, 4.69) is 29.5 Å². The molecule has 206 valence electrons. The highest BCUT2D eigenvalue weighted by Gasteiger charge is 2.33. The third kappa shape index (κ3) is 8.05. The molecule has 3 atom stereocenters. The molecule has 1 saturated carbocycles. The van der Waals surface area contributed by atoms with Crippen LogP contribution in [0.25, 0.3) is 0 Å². The number of carboxylic acid groups (broad SMARTS) is 1. The maximum Gasteiger partial charge on any atom is 0.416 e. The minimum Gasteiger partial charge on any atom is -0.478 e. The molecule has 0 unspecified atom stereocenters. The third-order valence-corrected chi connectivity index (χ3v) is 7.26. The first-order valence-electron chi connectivity index (χ1n) is 12.7. The van der Waals surface area contributed by atoms with Gasteiger partial charge < -0.3 is 20.6 Å². The van der Waals surface area contributed by atoms with Crippen molar-refractivity contribution in [1.82, 2.24) is 15.5 Å². The van der Waals surface area contributed by atoms with Gasteiger partial charge in [-0.2, -0.15) is 13.2 Å². The molecule has 3 N–H and O–H groups in total. The topological polar surface area (TPSA) is 98.7 Å². The van der Waals surface area contributed by atoms with Gasteiger partial charge in [0.15, 0.2) is 0 Å². The van der Waals surface area contributed by atoms with Crippen molar-refractivity contribution in [2.24, 2.45) is 5.92 Å². The number of rotatable bonds is 10. The number of nitrogens with one attached hydrogen (secondary N) is 2. The first-order valence-corrected chi connectivity index (χ1v) is 12.7. The molecule has 3 rings (SSSR count). The third-order valence-electron chi connectivity index (χ3n) is 7.26. The number of carbonyl (C=O) groups excluding carboxylic acids is 2. The number of aryl methyl sites for hydroxylation is 1. The molecule has 0 radical (unpaired) electrons. The van der Waals surface area contributed by atoms with Crippen LogP contribution in [0.4, 0.5) is 13.2 Å². The summed E-state index contributed by atoms with van der Waals surface area (Å²) in [6, 6.07) is 11.1. The summed E-state index contributed by atoms with van der Waals surface area (Å²) in [5.41, 5.74) is 0.0442. The monoisotopic (exact) mass is 533 g/mol. The number of amides is 2. The summed E-state index contributed by atoms with van der Waals surface area (Å²) < 4.78 is 38.8. The second-order valence-electron chi connectivity index (χ2n) is 9.78. The van der Waals surface area contributed by atoms with E-state index in [0.29, 0.717) is 12.5 Å². The van der Waals surface area contributed by atoms with Crippen molar-refractivity contribution in [2.75, 3.05) is 20.1 Å². The number of hydrogen-bond acceptors (Lipinski definition) is 4. The Hall–Kier alpha value is -3.40. The Kier molecular flexibility index (Phi) is 9.90. The maximum atomic E-state index is 12.9. The maximum absolute atomic E-state index is 12.9. The van der Waals surface area contributed by atoms with Crippen molar-refractivity contribution >= 4 is 17.8 Å². The van der Waals surface area contributed by atoms with E-state index in [-0.39, 0.29) is 29.6 Å². The number of alkyl halides is 3. The quantitative estimate of drug-likeness (QED) is 0.421. The van der Waals surface area contributed by atoms with Crippen molar-refractivity contribution in [2.45, 2.75) is 57.3 Å². The minimum absolute atomic E-state index is 0.128. The lowest BCUT2D eigenvalue weighted by atomic mass is 9.78. The van der Waals surface area contributed by atoms with Crippen LogP contribution in [-0.4, -0.2) is 60.0 Å². The van der Waals surface area contributed by atoms with Crippen LogP contribution in [-0.2, 0) is 17.4 Å². The summed E-state index contributed by atoms with van der Waals surface area (Å²) in [5, 5.41) is 14.7. The van der Waals surface area contributed by atoms with E-state index in [0.717, 1.165) is 56.0 Å². The van der Waals surface area contributed by atoms with E-state index >= 15 is 0 Å². The van der Waals surface area contributed by atoms with Gasteiger partial charge in [0.2, 0.25) is 5.91 Å². The van der Waals surface area contributed by atoms with Crippen LogP contribution >= 0.6 is 0 Å². The molecule has 10 heteroatoms. The lowest BCUT2D eigenvalue weighted by Gasteiger charge is -2.40. The van der Waals surface area contributed by atoms with Crippen molar-refractivity contribution in [3.8, 4) is 0 Å². The summed E-state index contributed by atoms with van der Waals surface area (Å²) in [6.45, 7) is 2.64. The second-order valence-corrected chi connectivity index (χ2v) is 9.78. The molecule has 1 aliphatic carbocycles. The van der Waals surface area contributed by atoms with Gasteiger partial charge in [0.25, 0.3) is 5.91 Å². The molecule has 38 heavy (non-hydrogen) atoms. The number of benzene rings is 2. The number of halogens is 3. The number of nitrogens with zero attached hydrogens (tertiary/aromatic N) is 1. The Morgan fingerprint density at radius 3 is 2.45 bits per heavy atom. The Bertz CT molecular complexity index is 1140. The highest BCUT2D eigenvalue weighted by Crippen LogP contribution is 2.31. The number of hydrogen-bond donors (Lipinski definition) is 3. The van der Waals surface area contributed by atoms with Crippen molar-refractivity contribution in [1.29, 1.82) is 0 Å². The molecule has 0 heterocycles. The smallest absolute Gasteiger partial charge is 0.416 e. The van der Waals surface area contributed by atoms with Crippen LogP contribution in [0.2, 0.25) is 0 Å². The molecular weight excluding hydrogens is 499 g/mol. The number of carboxylic acids is 1. The lowest BCUT2D eigenvalue weighted by molar-refractivity contribution is -0.137. The fraction of sp³-hybridized carbons (Fsp3) is 0.464. The molecule has 0 aromatic heterocycles. The fourth-order valence-corrected chi connectivity index (χ4v) is 4.98. The molecule has 7 nitrogen and oxygen atoms in total. The van der Waals surface area contributed by atoms with Gasteiger partial charge in [0.1, 0.15) is 0 Å². The normalized spacial score (nSPS) is 19.7. The minimum atomic E-state index is -4.57. The molecule has 2 amide bonds. The van der Waals surface area contributed by atoms with Crippen LogP contribution in [0.15, 0.2) is 48.5 Å². The van der Waals surface area contributed by atoms with Gasteiger partial charge in [0.05, 0.1) is 17.7 Å². The van der Waals surface area contributed by atoms with Gasteiger partial charge in [-0.05, 0) is 87.5 Å². The molecule has 0 spiro atoms. The van der Waals surface area contributed by atoms with Gasteiger partial charge in [-0.3, -0.25) is 9.59 Å². The molecule has 2 aromatic rings. The highest BCUT2D eigenvalue weighted by atomic mass is 19.4. The first kappa shape index (κ1) is 29.2. The number of carbonyl (C=O) groups is 3. The van der Waals surface area contributed by atoms with E-state index in [1.54, 1.807) is 18.2 Å². The zero-order chi connectivity index (χ0) is 27.9. The van der Waals surface area contributed by atoms with Crippen LogP contribution in [0, 0.1) is 5.92 Å². The van der Waals surface area contributed by atoms with Crippen LogP contribution in [0.3, 0.4) is 0 Å². The molecular formula is C28H34F3N3O4. The van der Waals surface area contributed by atoms with E-state index in [9.17, 15) is 32.7 Å². The average Bonchev–Trinajstić information content (AvgIpc) is 2.90. The zero-order valence-corrected chi connectivity index (χ0v) is 21.6. The highest BCUT2D eigenvalue weighted by molar-refractivity contribution is 5.96. The summed E-state index contributed by atoms with van der Waals surface area (Å²) >= 11 is 0. The van der Waals surface area contributed by atoms with Gasteiger partial charge in [0, 0.05) is 17.6 Å². The SMILES string of the molecule is CCN(C)[C@@H]1CC[C@H](NC(=O)CNC(=O)c2cccc(C(F)(F)F)c2)[C@H](CCc2cccc(C(=O)O)c2)C1. The molecule has 0 aliphatic heterocycles. The Labute approximate surface area is 220 Å². The molecule has 2 aromatic carbocycles. The van der Waals surface area contributed by atoms with Gasteiger partial charge >= 0.3 is 12.1 Å². The zero-order valence-electron chi connectivity index (χ0n) is 21.6. The standard InChI is InChI=1S/C28H34F3N3O4/c1-3-34(2)23-12-13-24(19(16-23)11-10-18-6-4-8-21(14-18)27(37)38)33-25(35)17-32-26(36)20-7-5-9-22(15-20)28(29,30)31/h4-9,14-15,19,23-24H,3,10-13,16-17H2,1-2H3,(H,32,36)(H,33,35)(H,37,38)/t19-,23-,24+/m1/s1. The van der Waals surface area contributed by atoms with Gasteiger partial charge in [-0.15, -0.1) is 0 Å². The fourth-order valence-electron chi connectivity index (χ4n) is 4.98. The van der Waals surface area contributed by atoms with E-state index in [1.165, 1.54) is 6.07 Å².